The fourth-order valence-electron chi connectivity index (χ4n) is 2.02. The summed E-state index contributed by atoms with van der Waals surface area (Å²) < 4.78 is 5.17. The number of primary amides is 1. The van der Waals surface area contributed by atoms with Gasteiger partial charge in [0.15, 0.2) is 0 Å². The van der Waals surface area contributed by atoms with Gasteiger partial charge in [0.25, 0.3) is 0 Å². The summed E-state index contributed by atoms with van der Waals surface area (Å²) in [7, 11) is 0. The Morgan fingerprint density at radius 3 is 2.65 bits per heavy atom. The van der Waals surface area contributed by atoms with E-state index in [9.17, 15) is 14.4 Å². The van der Waals surface area contributed by atoms with Gasteiger partial charge in [0.2, 0.25) is 17.7 Å². The number of nitrogens with two attached hydrogens (primary N) is 1. The Morgan fingerprint density at radius 2 is 2.00 bits per heavy atom. The number of hydrogen-bond donors (Lipinski definition) is 1. The molecule has 0 aliphatic carbocycles. The van der Waals surface area contributed by atoms with Crippen molar-refractivity contribution in [3.8, 4) is 0 Å². The predicted octanol–water partition coefficient (Wildman–Crippen LogP) is -0.997. The van der Waals surface area contributed by atoms with Gasteiger partial charge in [-0.3, -0.25) is 14.4 Å². The predicted molar refractivity (Wildman–Crippen MR) is 70.1 cm³/mol. The average molecular weight is 279 g/mol. The molecule has 108 valence electrons. The van der Waals surface area contributed by atoms with Gasteiger partial charge in [-0.05, 0) is 0 Å². The number of nitrogens with zero attached hydrogens (tertiary/aromatic N) is 2. The molecule has 2 N–H and O–H groups in total. The Bertz CT molecular complexity index is 478. The summed E-state index contributed by atoms with van der Waals surface area (Å²) >= 11 is 0. The molecule has 0 bridgehead atoms. The number of hydrogen-bond acceptors (Lipinski definition) is 4. The Labute approximate surface area is 116 Å². The van der Waals surface area contributed by atoms with E-state index in [4.69, 9.17) is 10.5 Å². The van der Waals surface area contributed by atoms with Gasteiger partial charge in [0.1, 0.15) is 6.54 Å². The second-order valence-electron chi connectivity index (χ2n) is 4.57. The Balaban J connectivity index is 2.05. The van der Waals surface area contributed by atoms with Crippen LogP contribution < -0.4 is 5.73 Å². The maximum atomic E-state index is 12.1. The van der Waals surface area contributed by atoms with Crippen LogP contribution in [0, 0.1) is 0 Å². The molecule has 0 atom stereocenters. The van der Waals surface area contributed by atoms with E-state index in [1.807, 2.05) is 0 Å². The van der Waals surface area contributed by atoms with Crippen molar-refractivity contribution in [3.63, 3.8) is 0 Å². The Morgan fingerprint density at radius 1 is 1.30 bits per heavy atom. The maximum absolute atomic E-state index is 12.1. The van der Waals surface area contributed by atoms with E-state index >= 15 is 0 Å². The third-order valence-corrected chi connectivity index (χ3v) is 3.16. The van der Waals surface area contributed by atoms with Crippen LogP contribution in [0.2, 0.25) is 0 Å². The molecular weight excluding hydrogens is 262 g/mol. The van der Waals surface area contributed by atoms with Gasteiger partial charge in [-0.25, -0.2) is 0 Å². The number of amides is 3. The minimum Gasteiger partial charge on any atom is -0.378 e. The standard InChI is InChI=1S/C13H17N3O4/c14-13(19)10-2-1-3-11(17)16(8-10)9-12(18)15-4-6-20-7-5-15/h1-2,8H,3-7,9H2,(H2,14,19). The largest absolute Gasteiger partial charge is 0.378 e. The Hall–Kier alpha value is -2.15. The van der Waals surface area contributed by atoms with Crippen molar-refractivity contribution in [1.82, 2.24) is 9.80 Å². The third-order valence-electron chi connectivity index (χ3n) is 3.16. The molecule has 0 radical (unpaired) electrons. The lowest BCUT2D eigenvalue weighted by atomic mass is 10.2. The summed E-state index contributed by atoms with van der Waals surface area (Å²) in [6.07, 6.45) is 4.55. The van der Waals surface area contributed by atoms with E-state index in [0.29, 0.717) is 26.3 Å². The first-order valence-electron chi connectivity index (χ1n) is 6.41. The molecule has 2 aliphatic rings. The van der Waals surface area contributed by atoms with Crippen molar-refractivity contribution in [2.45, 2.75) is 6.42 Å². The topological polar surface area (TPSA) is 92.9 Å². The monoisotopic (exact) mass is 279 g/mol. The first-order chi connectivity index (χ1) is 9.58. The van der Waals surface area contributed by atoms with Gasteiger partial charge < -0.3 is 20.3 Å². The van der Waals surface area contributed by atoms with Crippen LogP contribution in [0.15, 0.2) is 23.9 Å². The first kappa shape index (κ1) is 14.3. The molecule has 0 aromatic rings. The summed E-state index contributed by atoms with van der Waals surface area (Å²) in [5.74, 6) is -1.03. The summed E-state index contributed by atoms with van der Waals surface area (Å²) in [6, 6.07) is 0. The lowest BCUT2D eigenvalue weighted by Gasteiger charge is -2.28. The highest BCUT2D eigenvalue weighted by Gasteiger charge is 2.23. The SMILES string of the molecule is NC(=O)C1=CN(CC(=O)N2CCOCC2)C(=O)CC=C1. The molecule has 7 nitrogen and oxygen atoms in total. The lowest BCUT2D eigenvalue weighted by Crippen LogP contribution is -2.45. The highest BCUT2D eigenvalue weighted by Crippen LogP contribution is 2.10. The zero-order valence-corrected chi connectivity index (χ0v) is 11.1. The molecule has 2 aliphatic heterocycles. The Kier molecular flexibility index (Phi) is 4.52. The fraction of sp³-hybridized carbons (Fsp3) is 0.462. The van der Waals surface area contributed by atoms with Crippen LogP contribution >= 0.6 is 0 Å². The zero-order valence-electron chi connectivity index (χ0n) is 11.1. The van der Waals surface area contributed by atoms with Crippen molar-refractivity contribution in [2.75, 3.05) is 32.8 Å². The maximum Gasteiger partial charge on any atom is 0.250 e. The van der Waals surface area contributed by atoms with Crippen molar-refractivity contribution in [3.05, 3.63) is 23.9 Å². The van der Waals surface area contributed by atoms with Gasteiger partial charge in [0.05, 0.1) is 18.8 Å². The number of carbonyl (C=O) groups is 3. The average Bonchev–Trinajstić information content (AvgIpc) is 2.62. The molecule has 3 amide bonds. The van der Waals surface area contributed by atoms with E-state index in [-0.39, 0.29) is 30.4 Å². The van der Waals surface area contributed by atoms with Crippen LogP contribution in [-0.4, -0.2) is 60.4 Å². The van der Waals surface area contributed by atoms with Crippen molar-refractivity contribution < 1.29 is 19.1 Å². The van der Waals surface area contributed by atoms with E-state index in [2.05, 4.69) is 0 Å². The molecular formula is C13H17N3O4. The van der Waals surface area contributed by atoms with Crippen molar-refractivity contribution in [1.29, 1.82) is 0 Å². The molecule has 2 rings (SSSR count). The molecule has 0 aromatic carbocycles. The third kappa shape index (κ3) is 3.45. The molecule has 1 saturated heterocycles. The van der Waals surface area contributed by atoms with E-state index in [1.165, 1.54) is 17.2 Å². The van der Waals surface area contributed by atoms with E-state index in [0.717, 1.165) is 0 Å². The quantitative estimate of drug-likeness (QED) is 0.717. The molecule has 20 heavy (non-hydrogen) atoms. The number of rotatable bonds is 3. The molecule has 0 unspecified atom stereocenters. The number of morpholine rings is 1. The highest BCUT2D eigenvalue weighted by molar-refractivity contribution is 5.97. The van der Waals surface area contributed by atoms with Gasteiger partial charge in [-0.2, -0.15) is 0 Å². The minimum atomic E-state index is -0.625. The van der Waals surface area contributed by atoms with Gasteiger partial charge in [-0.15, -0.1) is 0 Å². The van der Waals surface area contributed by atoms with E-state index < -0.39 is 5.91 Å². The van der Waals surface area contributed by atoms with Gasteiger partial charge in [0, 0.05) is 25.7 Å². The second kappa shape index (κ2) is 6.33. The van der Waals surface area contributed by atoms with Crippen molar-refractivity contribution in [2.24, 2.45) is 5.73 Å². The first-order valence-corrected chi connectivity index (χ1v) is 6.41. The number of carbonyl (C=O) groups excluding carboxylic acids is 3. The summed E-state index contributed by atoms with van der Waals surface area (Å²) in [4.78, 5) is 38.1. The normalized spacial score (nSPS) is 19.6. The van der Waals surface area contributed by atoms with Crippen LogP contribution in [-0.2, 0) is 19.1 Å². The molecule has 2 heterocycles. The van der Waals surface area contributed by atoms with E-state index in [1.54, 1.807) is 11.0 Å². The fourth-order valence-corrected chi connectivity index (χ4v) is 2.02. The van der Waals surface area contributed by atoms with Gasteiger partial charge in [-0.1, -0.05) is 12.2 Å². The van der Waals surface area contributed by atoms with Crippen LogP contribution in [0.5, 0.6) is 0 Å². The van der Waals surface area contributed by atoms with Crippen LogP contribution in [0.4, 0.5) is 0 Å². The van der Waals surface area contributed by atoms with Crippen LogP contribution in [0.1, 0.15) is 6.42 Å². The molecule has 1 fully saturated rings. The van der Waals surface area contributed by atoms with Gasteiger partial charge >= 0.3 is 0 Å². The molecule has 0 saturated carbocycles. The lowest BCUT2D eigenvalue weighted by molar-refractivity contribution is -0.140. The van der Waals surface area contributed by atoms with Crippen molar-refractivity contribution >= 4 is 17.7 Å². The minimum absolute atomic E-state index is 0.0860. The summed E-state index contributed by atoms with van der Waals surface area (Å²) in [5, 5.41) is 0. The highest BCUT2D eigenvalue weighted by atomic mass is 16.5. The molecule has 0 spiro atoms. The summed E-state index contributed by atoms with van der Waals surface area (Å²) in [6.45, 7) is 1.96. The van der Waals surface area contributed by atoms with Crippen LogP contribution in [0.3, 0.4) is 0 Å². The zero-order chi connectivity index (χ0) is 14.5. The number of ether oxygens (including phenoxy) is 1. The molecule has 7 heteroatoms. The second-order valence-corrected chi connectivity index (χ2v) is 4.57. The van der Waals surface area contributed by atoms with Crippen LogP contribution in [0.25, 0.3) is 0 Å². The smallest absolute Gasteiger partial charge is 0.250 e. The molecule has 0 aromatic heterocycles. The summed E-state index contributed by atoms with van der Waals surface area (Å²) in [5.41, 5.74) is 5.42.